The molecule has 5 nitrogen and oxygen atoms in total. The van der Waals surface area contributed by atoms with Crippen molar-refractivity contribution in [2.45, 2.75) is 23.6 Å². The fraction of sp³-hybridized carbons (Fsp3) is 0.278. The van der Waals surface area contributed by atoms with Gasteiger partial charge in [-0.2, -0.15) is 13.2 Å². The summed E-state index contributed by atoms with van der Waals surface area (Å²) in [7, 11) is 0. The summed E-state index contributed by atoms with van der Waals surface area (Å²) in [5.41, 5.74) is -2.81. The van der Waals surface area contributed by atoms with E-state index in [2.05, 4.69) is 10.1 Å². The molecular weight excluding hydrogens is 452 g/mol. The molecule has 29 heavy (non-hydrogen) atoms. The van der Waals surface area contributed by atoms with Crippen LogP contribution >= 0.6 is 35.0 Å². The van der Waals surface area contributed by atoms with Crippen molar-refractivity contribution in [1.29, 1.82) is 0 Å². The Hall–Kier alpha value is -1.97. The number of carbonyl (C=O) groups is 1. The van der Waals surface area contributed by atoms with E-state index < -0.39 is 24.2 Å². The minimum atomic E-state index is -4.78. The topological polar surface area (TPSA) is 71.2 Å². The van der Waals surface area contributed by atoms with Crippen LogP contribution in [0.15, 0.2) is 51.0 Å². The van der Waals surface area contributed by atoms with Crippen LogP contribution in [0, 0.1) is 5.92 Å². The third-order valence-corrected chi connectivity index (χ3v) is 6.44. The average molecular weight is 463 g/mol. The van der Waals surface area contributed by atoms with Gasteiger partial charge in [-0.25, -0.2) is 4.79 Å². The highest BCUT2D eigenvalue weighted by Crippen LogP contribution is 2.52. The van der Waals surface area contributed by atoms with E-state index in [-0.39, 0.29) is 38.2 Å². The number of hydrogen-bond donors (Lipinski definition) is 1. The van der Waals surface area contributed by atoms with E-state index in [1.54, 1.807) is 6.08 Å². The predicted molar refractivity (Wildman–Crippen MR) is 104 cm³/mol. The number of oxime groups is 1. The van der Waals surface area contributed by atoms with Crippen LogP contribution in [-0.4, -0.2) is 34.6 Å². The molecule has 0 bridgehead atoms. The molecule has 1 aromatic rings. The van der Waals surface area contributed by atoms with Crippen LogP contribution in [0.4, 0.5) is 13.2 Å². The van der Waals surface area contributed by atoms with Gasteiger partial charge in [0.2, 0.25) is 0 Å². The van der Waals surface area contributed by atoms with Gasteiger partial charge in [-0.1, -0.05) is 52.3 Å². The third-order valence-electron chi connectivity index (χ3n) is 4.70. The fourth-order valence-electron chi connectivity index (χ4n) is 3.28. The number of benzene rings is 1. The first kappa shape index (κ1) is 20.3. The van der Waals surface area contributed by atoms with Crippen molar-refractivity contribution in [3.05, 3.63) is 56.4 Å². The first-order chi connectivity index (χ1) is 13.6. The normalized spacial score (nSPS) is 28.4. The number of carboxylic acid groups (broad SMARTS) is 1. The highest BCUT2D eigenvalue weighted by Gasteiger charge is 2.62. The number of hydrogen-bond acceptors (Lipinski definition) is 5. The summed E-state index contributed by atoms with van der Waals surface area (Å²) in [5, 5.41) is 12.6. The number of fused-ring (bicyclic) bond motifs is 1. The quantitative estimate of drug-likeness (QED) is 0.670. The molecule has 3 aliphatic heterocycles. The van der Waals surface area contributed by atoms with E-state index in [4.69, 9.17) is 33.1 Å². The van der Waals surface area contributed by atoms with Crippen molar-refractivity contribution < 1.29 is 27.9 Å². The minimum Gasteiger partial charge on any atom is -0.478 e. The molecule has 1 N–H and O–H groups in total. The third kappa shape index (κ3) is 3.55. The first-order valence-corrected chi connectivity index (χ1v) is 9.88. The molecule has 3 heterocycles. The Morgan fingerprint density at radius 2 is 1.93 bits per heavy atom. The number of alkyl halides is 3. The highest BCUT2D eigenvalue weighted by atomic mass is 35.5. The molecule has 1 aromatic carbocycles. The summed E-state index contributed by atoms with van der Waals surface area (Å²) >= 11 is 13.0. The molecule has 0 radical (unpaired) electrons. The zero-order valence-electron chi connectivity index (χ0n) is 14.3. The first-order valence-electron chi connectivity index (χ1n) is 8.24. The van der Waals surface area contributed by atoms with Gasteiger partial charge in [-0.3, -0.25) is 4.99 Å². The predicted octanol–water partition coefficient (Wildman–Crippen LogP) is 5.20. The standard InChI is InChI=1S/C18H11Cl2F3N2O3S/c19-11-3-10(4-12(20)5-11)17(18(21,22)23)6-13(25-28-17)14-2-8-1-9(16(26)27)7-24-15(8)29-14/h1-5,7-8,15H,6H2,(H,26,27). The van der Waals surface area contributed by atoms with E-state index in [1.165, 1.54) is 30.1 Å². The smallest absolute Gasteiger partial charge is 0.435 e. The van der Waals surface area contributed by atoms with E-state index >= 15 is 0 Å². The Bertz CT molecular complexity index is 1000. The lowest BCUT2D eigenvalue weighted by molar-refractivity contribution is -0.275. The minimum absolute atomic E-state index is 0.0344. The number of thioether (sulfide) groups is 1. The van der Waals surface area contributed by atoms with E-state index in [9.17, 15) is 18.0 Å². The molecule has 3 atom stereocenters. The summed E-state index contributed by atoms with van der Waals surface area (Å²) in [5.74, 6) is -1.47. The van der Waals surface area contributed by atoms with Gasteiger partial charge in [0.15, 0.2) is 0 Å². The molecular formula is C18H11Cl2F3N2O3S. The monoisotopic (exact) mass is 462 g/mol. The van der Waals surface area contributed by atoms with Crippen LogP contribution in [0.3, 0.4) is 0 Å². The molecule has 11 heteroatoms. The van der Waals surface area contributed by atoms with Gasteiger partial charge in [-0.05, 0) is 18.2 Å². The van der Waals surface area contributed by atoms with Crippen molar-refractivity contribution >= 4 is 52.9 Å². The molecule has 0 fully saturated rings. The second-order valence-corrected chi connectivity index (χ2v) is 8.64. The maximum Gasteiger partial charge on any atom is 0.435 e. The van der Waals surface area contributed by atoms with Crippen LogP contribution < -0.4 is 0 Å². The van der Waals surface area contributed by atoms with Crippen molar-refractivity contribution in [2.24, 2.45) is 16.1 Å². The SMILES string of the molecule is O=C(O)C1=CC2C=C(C3=NOC(c4cc(Cl)cc(Cl)c4)(C(F)(F)F)C3)SC2N=C1. The van der Waals surface area contributed by atoms with Crippen molar-refractivity contribution in [3.63, 3.8) is 0 Å². The summed E-state index contributed by atoms with van der Waals surface area (Å²) < 4.78 is 42.2. The van der Waals surface area contributed by atoms with Crippen LogP contribution in [0.5, 0.6) is 0 Å². The maximum atomic E-state index is 14.1. The van der Waals surface area contributed by atoms with Gasteiger partial charge in [0, 0.05) is 32.6 Å². The van der Waals surface area contributed by atoms with Crippen LogP contribution in [0.2, 0.25) is 10.0 Å². The Balaban J connectivity index is 1.65. The molecule has 3 aliphatic rings. The zero-order chi connectivity index (χ0) is 21.0. The Kier molecular flexibility index (Phi) is 4.95. The number of carboxylic acids is 1. The number of dihydropyridines is 1. The zero-order valence-corrected chi connectivity index (χ0v) is 16.6. The van der Waals surface area contributed by atoms with Crippen molar-refractivity contribution in [1.82, 2.24) is 0 Å². The number of aliphatic carboxylic acids is 1. The van der Waals surface area contributed by atoms with Crippen LogP contribution in [0.25, 0.3) is 0 Å². The van der Waals surface area contributed by atoms with Crippen LogP contribution in [0.1, 0.15) is 12.0 Å². The largest absolute Gasteiger partial charge is 0.478 e. The van der Waals surface area contributed by atoms with Gasteiger partial charge < -0.3 is 9.94 Å². The van der Waals surface area contributed by atoms with Crippen molar-refractivity contribution in [3.8, 4) is 0 Å². The van der Waals surface area contributed by atoms with Gasteiger partial charge >= 0.3 is 12.1 Å². The van der Waals surface area contributed by atoms with E-state index in [0.717, 1.165) is 12.1 Å². The molecule has 152 valence electrons. The molecule has 4 rings (SSSR count). The molecule has 0 aromatic heterocycles. The molecule has 0 spiro atoms. The van der Waals surface area contributed by atoms with Gasteiger partial charge in [0.1, 0.15) is 5.37 Å². The number of nitrogens with zero attached hydrogens (tertiary/aromatic N) is 2. The van der Waals surface area contributed by atoms with Crippen molar-refractivity contribution in [2.75, 3.05) is 0 Å². The average Bonchev–Trinajstić information content (AvgIpc) is 3.24. The lowest BCUT2D eigenvalue weighted by Crippen LogP contribution is -2.42. The lowest BCUT2D eigenvalue weighted by Gasteiger charge is -2.29. The Morgan fingerprint density at radius 1 is 1.24 bits per heavy atom. The summed E-state index contributed by atoms with van der Waals surface area (Å²) in [6.45, 7) is 0. The molecule has 3 unspecified atom stereocenters. The molecule has 0 aliphatic carbocycles. The van der Waals surface area contributed by atoms with E-state index in [0.29, 0.717) is 4.91 Å². The summed E-state index contributed by atoms with van der Waals surface area (Å²) in [4.78, 5) is 20.7. The summed E-state index contributed by atoms with van der Waals surface area (Å²) in [6.07, 6.45) is -0.922. The number of aliphatic imine (C=N–C) groups is 1. The lowest BCUT2D eigenvalue weighted by atomic mass is 9.87. The molecule has 0 amide bonds. The van der Waals surface area contributed by atoms with E-state index in [1.807, 2.05) is 0 Å². The second-order valence-electron chi connectivity index (χ2n) is 6.61. The number of halogens is 5. The summed E-state index contributed by atoms with van der Waals surface area (Å²) in [6, 6.07) is 3.64. The number of rotatable bonds is 3. The molecule has 0 saturated carbocycles. The van der Waals surface area contributed by atoms with Crippen LogP contribution in [-0.2, 0) is 15.2 Å². The second kappa shape index (κ2) is 7.07. The van der Waals surface area contributed by atoms with Gasteiger partial charge in [0.05, 0.1) is 17.7 Å². The number of allylic oxidation sites excluding steroid dienone is 1. The van der Waals surface area contributed by atoms with Gasteiger partial charge in [0.25, 0.3) is 5.60 Å². The Labute approximate surface area is 176 Å². The highest BCUT2D eigenvalue weighted by molar-refractivity contribution is 8.04. The fourth-order valence-corrected chi connectivity index (χ4v) is 4.99. The maximum absolute atomic E-state index is 14.1. The van der Waals surface area contributed by atoms with Gasteiger partial charge in [-0.15, -0.1) is 0 Å². The Morgan fingerprint density at radius 3 is 2.55 bits per heavy atom. The molecule has 0 saturated heterocycles.